The first kappa shape index (κ1) is 19.9. The summed E-state index contributed by atoms with van der Waals surface area (Å²) in [5, 5.41) is 11.2. The Labute approximate surface area is 152 Å². The molecule has 2 rings (SSSR count). The molecule has 1 aliphatic heterocycles. The lowest BCUT2D eigenvalue weighted by Gasteiger charge is -2.38. The molecule has 0 spiro atoms. The highest BCUT2D eigenvalue weighted by atomic mass is 28.4. The van der Waals surface area contributed by atoms with Gasteiger partial charge in [0.15, 0.2) is 8.32 Å². The summed E-state index contributed by atoms with van der Waals surface area (Å²) < 4.78 is 6.26. The Morgan fingerprint density at radius 3 is 2.40 bits per heavy atom. The van der Waals surface area contributed by atoms with E-state index in [-0.39, 0.29) is 15.6 Å². The van der Waals surface area contributed by atoms with Crippen molar-refractivity contribution in [3.8, 4) is 0 Å². The summed E-state index contributed by atoms with van der Waals surface area (Å²) in [6.45, 7) is 16.8. The molecule has 1 heterocycles. The number of nitro groups is 1. The van der Waals surface area contributed by atoms with Gasteiger partial charge in [0.25, 0.3) is 5.69 Å². The summed E-state index contributed by atoms with van der Waals surface area (Å²) in [6.07, 6.45) is 0. The SMILES string of the molecule is CC(C)(C)[Si](C)(C)OCCN1CCN(c2cccc([N+](=O)[O-])c2)CC1. The molecule has 0 aromatic heterocycles. The van der Waals surface area contributed by atoms with Gasteiger partial charge in [-0.05, 0) is 24.2 Å². The Balaban J connectivity index is 1.80. The second-order valence-electron chi connectivity index (χ2n) is 8.21. The molecule has 25 heavy (non-hydrogen) atoms. The van der Waals surface area contributed by atoms with E-state index >= 15 is 0 Å². The molecular weight excluding hydrogens is 334 g/mol. The van der Waals surface area contributed by atoms with E-state index in [1.165, 1.54) is 6.07 Å². The lowest BCUT2D eigenvalue weighted by Crippen LogP contribution is -2.48. The molecule has 0 N–H and O–H groups in total. The average molecular weight is 366 g/mol. The number of nitro benzene ring substituents is 1. The lowest BCUT2D eigenvalue weighted by molar-refractivity contribution is -0.384. The topological polar surface area (TPSA) is 58.8 Å². The van der Waals surface area contributed by atoms with Crippen LogP contribution in [0.15, 0.2) is 24.3 Å². The molecular formula is C18H31N3O3Si. The van der Waals surface area contributed by atoms with E-state index in [0.717, 1.165) is 45.0 Å². The first-order valence-electron chi connectivity index (χ1n) is 8.96. The van der Waals surface area contributed by atoms with Gasteiger partial charge in [0.2, 0.25) is 0 Å². The minimum absolute atomic E-state index is 0.155. The van der Waals surface area contributed by atoms with Crippen molar-refractivity contribution >= 4 is 19.7 Å². The zero-order chi connectivity index (χ0) is 18.7. The third-order valence-corrected chi connectivity index (χ3v) is 9.99. The zero-order valence-electron chi connectivity index (χ0n) is 16.1. The largest absolute Gasteiger partial charge is 0.416 e. The molecule has 0 radical (unpaired) electrons. The Morgan fingerprint density at radius 1 is 1.20 bits per heavy atom. The highest BCUT2D eigenvalue weighted by Crippen LogP contribution is 2.36. The number of non-ortho nitro benzene ring substituents is 1. The van der Waals surface area contributed by atoms with Crippen LogP contribution in [0.25, 0.3) is 0 Å². The molecule has 0 amide bonds. The van der Waals surface area contributed by atoms with Gasteiger partial charge in [-0.25, -0.2) is 0 Å². The molecule has 0 aliphatic carbocycles. The van der Waals surface area contributed by atoms with Crippen LogP contribution in [0.4, 0.5) is 11.4 Å². The van der Waals surface area contributed by atoms with Crippen LogP contribution in [0.1, 0.15) is 20.8 Å². The maximum atomic E-state index is 10.9. The van der Waals surface area contributed by atoms with Crippen molar-refractivity contribution in [2.75, 3.05) is 44.2 Å². The number of piperazine rings is 1. The van der Waals surface area contributed by atoms with Crippen LogP contribution in [0.5, 0.6) is 0 Å². The van der Waals surface area contributed by atoms with E-state index in [1.54, 1.807) is 12.1 Å². The van der Waals surface area contributed by atoms with Gasteiger partial charge in [0, 0.05) is 57.2 Å². The van der Waals surface area contributed by atoms with Crippen LogP contribution >= 0.6 is 0 Å². The number of anilines is 1. The first-order valence-corrected chi connectivity index (χ1v) is 11.9. The summed E-state index contributed by atoms with van der Waals surface area (Å²) >= 11 is 0. The monoisotopic (exact) mass is 365 g/mol. The van der Waals surface area contributed by atoms with Gasteiger partial charge in [-0.1, -0.05) is 26.8 Å². The van der Waals surface area contributed by atoms with Gasteiger partial charge in [0.05, 0.1) is 4.92 Å². The summed E-state index contributed by atoms with van der Waals surface area (Å²) in [5.74, 6) is 0. The van der Waals surface area contributed by atoms with Crippen molar-refractivity contribution in [1.82, 2.24) is 4.90 Å². The van der Waals surface area contributed by atoms with Crippen LogP contribution in [0, 0.1) is 10.1 Å². The third kappa shape index (κ3) is 5.26. The van der Waals surface area contributed by atoms with Crippen molar-refractivity contribution < 1.29 is 9.35 Å². The molecule has 1 aromatic carbocycles. The standard InChI is InChI=1S/C18H31N3O3Si/c1-18(2,3)25(4,5)24-14-13-19-9-11-20(12-10-19)16-7-6-8-17(15-16)21(22)23/h6-8,15H,9-14H2,1-5H3. The number of hydrogen-bond donors (Lipinski definition) is 0. The lowest BCUT2D eigenvalue weighted by atomic mass is 10.2. The summed E-state index contributed by atoms with van der Waals surface area (Å²) in [4.78, 5) is 15.2. The highest BCUT2D eigenvalue weighted by molar-refractivity contribution is 6.74. The van der Waals surface area contributed by atoms with Crippen molar-refractivity contribution in [1.29, 1.82) is 0 Å². The molecule has 7 heteroatoms. The predicted octanol–water partition coefficient (Wildman–Crippen LogP) is 3.74. The van der Waals surface area contributed by atoms with Crippen LogP contribution in [0.3, 0.4) is 0 Å². The van der Waals surface area contributed by atoms with Crippen molar-refractivity contribution in [2.24, 2.45) is 0 Å². The molecule has 1 aliphatic rings. The average Bonchev–Trinajstić information content (AvgIpc) is 2.54. The summed E-state index contributed by atoms with van der Waals surface area (Å²) in [6, 6.07) is 6.91. The fourth-order valence-electron chi connectivity index (χ4n) is 2.68. The van der Waals surface area contributed by atoms with Crippen LogP contribution in [-0.4, -0.2) is 57.5 Å². The highest BCUT2D eigenvalue weighted by Gasteiger charge is 2.37. The van der Waals surface area contributed by atoms with Gasteiger partial charge < -0.3 is 9.33 Å². The maximum absolute atomic E-state index is 10.9. The van der Waals surface area contributed by atoms with E-state index < -0.39 is 8.32 Å². The fraction of sp³-hybridized carbons (Fsp3) is 0.667. The Kier molecular flexibility index (Phi) is 6.24. The number of hydrogen-bond acceptors (Lipinski definition) is 5. The van der Waals surface area contributed by atoms with Gasteiger partial charge >= 0.3 is 0 Å². The predicted molar refractivity (Wildman–Crippen MR) is 105 cm³/mol. The molecule has 140 valence electrons. The molecule has 0 bridgehead atoms. The van der Waals surface area contributed by atoms with Gasteiger partial charge in [-0.2, -0.15) is 0 Å². The molecule has 1 aromatic rings. The van der Waals surface area contributed by atoms with Crippen molar-refractivity contribution in [2.45, 2.75) is 38.9 Å². The molecule has 6 nitrogen and oxygen atoms in total. The first-order chi connectivity index (χ1) is 11.6. The van der Waals surface area contributed by atoms with E-state index in [0.29, 0.717) is 0 Å². The molecule has 1 saturated heterocycles. The minimum atomic E-state index is -1.67. The van der Waals surface area contributed by atoms with E-state index in [4.69, 9.17) is 4.43 Å². The Bertz CT molecular complexity index is 593. The number of rotatable bonds is 6. The molecule has 1 fully saturated rings. The third-order valence-electron chi connectivity index (χ3n) is 5.45. The van der Waals surface area contributed by atoms with Crippen LogP contribution < -0.4 is 4.90 Å². The molecule has 0 unspecified atom stereocenters. The van der Waals surface area contributed by atoms with E-state index in [9.17, 15) is 10.1 Å². The minimum Gasteiger partial charge on any atom is -0.416 e. The van der Waals surface area contributed by atoms with E-state index in [1.807, 2.05) is 6.07 Å². The van der Waals surface area contributed by atoms with Gasteiger partial charge in [0.1, 0.15) is 0 Å². The smallest absolute Gasteiger partial charge is 0.271 e. The van der Waals surface area contributed by atoms with Gasteiger partial charge in [-0.15, -0.1) is 0 Å². The second kappa shape index (κ2) is 7.84. The van der Waals surface area contributed by atoms with Gasteiger partial charge in [-0.3, -0.25) is 15.0 Å². The fourth-order valence-corrected chi connectivity index (χ4v) is 3.71. The maximum Gasteiger partial charge on any atom is 0.271 e. The number of nitrogens with zero attached hydrogens (tertiary/aromatic N) is 3. The summed E-state index contributed by atoms with van der Waals surface area (Å²) in [5.41, 5.74) is 1.09. The molecule has 0 atom stereocenters. The van der Waals surface area contributed by atoms with Crippen molar-refractivity contribution in [3.63, 3.8) is 0 Å². The van der Waals surface area contributed by atoms with Crippen LogP contribution in [0.2, 0.25) is 18.1 Å². The second-order valence-corrected chi connectivity index (χ2v) is 13.0. The normalized spacial score (nSPS) is 16.9. The zero-order valence-corrected chi connectivity index (χ0v) is 17.1. The van der Waals surface area contributed by atoms with Crippen LogP contribution in [-0.2, 0) is 4.43 Å². The quantitative estimate of drug-likeness (QED) is 0.437. The number of benzene rings is 1. The van der Waals surface area contributed by atoms with Crippen molar-refractivity contribution in [3.05, 3.63) is 34.4 Å². The van der Waals surface area contributed by atoms with E-state index in [2.05, 4.69) is 43.7 Å². The Morgan fingerprint density at radius 2 is 1.84 bits per heavy atom. The molecule has 0 saturated carbocycles. The summed E-state index contributed by atoms with van der Waals surface area (Å²) in [7, 11) is -1.67. The Hall–Kier alpha value is -1.44.